The molecule has 0 aromatic heterocycles. The van der Waals surface area contributed by atoms with Crippen molar-refractivity contribution in [2.45, 2.75) is 0 Å². The van der Waals surface area contributed by atoms with Crippen LogP contribution in [0.2, 0.25) is 0 Å². The average molecular weight is 385 g/mol. The molecule has 0 aliphatic carbocycles. The minimum Gasteiger partial charge on any atom is -0.454 e. The van der Waals surface area contributed by atoms with Crippen LogP contribution in [-0.4, -0.2) is 24.3 Å². The molecular formula is C24H19NO4. The second kappa shape index (κ2) is 9.80. The van der Waals surface area contributed by atoms with Gasteiger partial charge < -0.3 is 10.1 Å². The van der Waals surface area contributed by atoms with Gasteiger partial charge in [0.25, 0.3) is 5.91 Å². The van der Waals surface area contributed by atoms with Crippen molar-refractivity contribution < 1.29 is 19.1 Å². The Kier molecular flexibility index (Phi) is 6.68. The maximum Gasteiger partial charge on any atom is 0.331 e. The summed E-state index contributed by atoms with van der Waals surface area (Å²) >= 11 is 0. The van der Waals surface area contributed by atoms with Gasteiger partial charge in [0.2, 0.25) is 0 Å². The fraction of sp³-hybridized carbons (Fsp3) is 0.0417. The van der Waals surface area contributed by atoms with Crippen molar-refractivity contribution in [2.75, 3.05) is 11.9 Å². The predicted octanol–water partition coefficient (Wildman–Crippen LogP) is 4.38. The summed E-state index contributed by atoms with van der Waals surface area (Å²) in [4.78, 5) is 36.1. The van der Waals surface area contributed by atoms with Gasteiger partial charge >= 0.3 is 5.97 Å². The van der Waals surface area contributed by atoms with Gasteiger partial charge in [0.15, 0.2) is 12.4 Å². The van der Waals surface area contributed by atoms with E-state index in [2.05, 4.69) is 5.32 Å². The first kappa shape index (κ1) is 19.8. The lowest BCUT2D eigenvalue weighted by Gasteiger charge is -2.06. The quantitative estimate of drug-likeness (QED) is 0.372. The number of esters is 1. The monoisotopic (exact) mass is 385 g/mol. The zero-order valence-corrected chi connectivity index (χ0v) is 15.6. The zero-order valence-electron chi connectivity index (χ0n) is 15.6. The molecule has 5 heteroatoms. The van der Waals surface area contributed by atoms with Crippen molar-refractivity contribution in [1.29, 1.82) is 0 Å². The summed E-state index contributed by atoms with van der Waals surface area (Å²) in [6.07, 6.45) is 2.90. The topological polar surface area (TPSA) is 72.5 Å². The van der Waals surface area contributed by atoms with Gasteiger partial charge in [-0.05, 0) is 48.0 Å². The molecule has 29 heavy (non-hydrogen) atoms. The van der Waals surface area contributed by atoms with Gasteiger partial charge in [-0.3, -0.25) is 9.59 Å². The summed E-state index contributed by atoms with van der Waals surface area (Å²) in [5, 5.41) is 2.76. The normalized spacial score (nSPS) is 10.5. The zero-order chi connectivity index (χ0) is 20.5. The van der Waals surface area contributed by atoms with Gasteiger partial charge in [0.05, 0.1) is 0 Å². The summed E-state index contributed by atoms with van der Waals surface area (Å²) in [5.74, 6) is -1.15. The molecule has 0 spiro atoms. The summed E-state index contributed by atoms with van der Waals surface area (Å²) in [6.45, 7) is -0.353. The van der Waals surface area contributed by atoms with Gasteiger partial charge in [0.1, 0.15) is 0 Å². The number of ketones is 1. The van der Waals surface area contributed by atoms with Crippen molar-refractivity contribution >= 4 is 29.4 Å². The molecule has 144 valence electrons. The third-order valence-electron chi connectivity index (χ3n) is 4.06. The van der Waals surface area contributed by atoms with E-state index in [1.165, 1.54) is 6.08 Å². The van der Waals surface area contributed by atoms with Crippen LogP contribution < -0.4 is 5.32 Å². The maximum absolute atomic E-state index is 12.2. The molecule has 0 heterocycles. The van der Waals surface area contributed by atoms with E-state index in [0.29, 0.717) is 16.8 Å². The highest BCUT2D eigenvalue weighted by molar-refractivity contribution is 6.04. The van der Waals surface area contributed by atoms with Crippen molar-refractivity contribution in [2.24, 2.45) is 0 Å². The van der Waals surface area contributed by atoms with Crippen LogP contribution in [0.25, 0.3) is 6.08 Å². The molecule has 0 saturated carbocycles. The van der Waals surface area contributed by atoms with Crippen LogP contribution >= 0.6 is 0 Å². The second-order valence-electron chi connectivity index (χ2n) is 6.17. The van der Waals surface area contributed by atoms with Crippen molar-refractivity contribution in [3.63, 3.8) is 0 Å². The number of amides is 1. The van der Waals surface area contributed by atoms with E-state index < -0.39 is 5.97 Å². The smallest absolute Gasteiger partial charge is 0.331 e. The van der Waals surface area contributed by atoms with Crippen LogP contribution in [0.3, 0.4) is 0 Å². The average Bonchev–Trinajstić information content (AvgIpc) is 2.78. The Morgan fingerprint density at radius 3 is 2.03 bits per heavy atom. The summed E-state index contributed by atoms with van der Waals surface area (Å²) in [7, 11) is 0. The van der Waals surface area contributed by atoms with Crippen LogP contribution in [-0.2, 0) is 9.53 Å². The molecule has 0 aliphatic rings. The van der Waals surface area contributed by atoms with Gasteiger partial charge in [-0.15, -0.1) is 0 Å². The van der Waals surface area contributed by atoms with E-state index in [4.69, 9.17) is 4.74 Å². The van der Waals surface area contributed by atoms with Gasteiger partial charge in [0, 0.05) is 22.9 Å². The van der Waals surface area contributed by atoms with Gasteiger partial charge in [-0.25, -0.2) is 4.79 Å². The number of rotatable bonds is 7. The summed E-state index contributed by atoms with van der Waals surface area (Å²) < 4.78 is 4.99. The molecule has 0 fully saturated rings. The predicted molar refractivity (Wildman–Crippen MR) is 112 cm³/mol. The molecule has 0 unspecified atom stereocenters. The molecular weight excluding hydrogens is 366 g/mol. The lowest BCUT2D eigenvalue weighted by atomic mass is 10.1. The van der Waals surface area contributed by atoms with E-state index in [1.807, 2.05) is 36.4 Å². The Hall–Kier alpha value is -3.99. The van der Waals surface area contributed by atoms with E-state index in [0.717, 1.165) is 5.56 Å². The number of Topliss-reactive ketones (excluding diaryl/α,β-unsaturated/α-hetero) is 1. The molecule has 3 rings (SSSR count). The molecule has 0 aliphatic heterocycles. The molecule has 3 aromatic carbocycles. The molecule has 1 N–H and O–H groups in total. The maximum atomic E-state index is 12.2. The van der Waals surface area contributed by atoms with Crippen molar-refractivity contribution in [3.8, 4) is 0 Å². The van der Waals surface area contributed by atoms with Gasteiger partial charge in [-0.1, -0.05) is 48.5 Å². The van der Waals surface area contributed by atoms with E-state index >= 15 is 0 Å². The molecule has 0 bridgehead atoms. The van der Waals surface area contributed by atoms with Crippen LogP contribution in [0, 0.1) is 0 Å². The number of anilines is 1. The third-order valence-corrected chi connectivity index (χ3v) is 4.06. The number of nitrogens with one attached hydrogen (secondary N) is 1. The first-order valence-corrected chi connectivity index (χ1v) is 9.01. The largest absolute Gasteiger partial charge is 0.454 e. The number of hydrogen-bond donors (Lipinski definition) is 1. The minimum absolute atomic E-state index is 0.233. The lowest BCUT2D eigenvalue weighted by molar-refractivity contribution is -0.136. The molecule has 0 atom stereocenters. The van der Waals surface area contributed by atoms with Crippen molar-refractivity contribution in [1.82, 2.24) is 0 Å². The fourth-order valence-corrected chi connectivity index (χ4v) is 2.53. The molecule has 3 aromatic rings. The standard InChI is InChI=1S/C24H19NO4/c26-22(17-29-23(27)16-11-18-7-3-1-4-8-18)19-12-14-21(15-13-19)25-24(28)20-9-5-2-6-10-20/h1-16H,17H2,(H,25,28)/b16-11+. The Morgan fingerprint density at radius 2 is 1.38 bits per heavy atom. The van der Waals surface area contributed by atoms with E-state index in [1.54, 1.807) is 54.6 Å². The Morgan fingerprint density at radius 1 is 0.759 bits per heavy atom. The van der Waals surface area contributed by atoms with E-state index in [9.17, 15) is 14.4 Å². The lowest BCUT2D eigenvalue weighted by Crippen LogP contribution is -2.13. The Bertz CT molecular complexity index is 1010. The van der Waals surface area contributed by atoms with Crippen molar-refractivity contribution in [3.05, 3.63) is 108 Å². The Balaban J connectivity index is 1.50. The van der Waals surface area contributed by atoms with Crippen LogP contribution in [0.1, 0.15) is 26.3 Å². The summed E-state index contributed by atoms with van der Waals surface area (Å²) in [6, 6.07) is 24.6. The Labute approximate surface area is 168 Å². The fourth-order valence-electron chi connectivity index (χ4n) is 2.53. The number of carbonyl (C=O) groups is 3. The SMILES string of the molecule is O=C(/C=C/c1ccccc1)OCC(=O)c1ccc(NC(=O)c2ccccc2)cc1. The minimum atomic E-state index is -0.589. The van der Waals surface area contributed by atoms with Crippen LogP contribution in [0.4, 0.5) is 5.69 Å². The highest BCUT2D eigenvalue weighted by Gasteiger charge is 2.10. The first-order valence-electron chi connectivity index (χ1n) is 9.01. The highest BCUT2D eigenvalue weighted by Crippen LogP contribution is 2.12. The van der Waals surface area contributed by atoms with E-state index in [-0.39, 0.29) is 18.3 Å². The molecule has 0 radical (unpaired) electrons. The first-order chi connectivity index (χ1) is 14.1. The molecule has 0 saturated heterocycles. The van der Waals surface area contributed by atoms with Crippen LogP contribution in [0.15, 0.2) is 91.0 Å². The van der Waals surface area contributed by atoms with Gasteiger partial charge in [-0.2, -0.15) is 0 Å². The highest BCUT2D eigenvalue weighted by atomic mass is 16.5. The molecule has 1 amide bonds. The number of carbonyl (C=O) groups excluding carboxylic acids is 3. The number of benzene rings is 3. The van der Waals surface area contributed by atoms with Crippen LogP contribution in [0.5, 0.6) is 0 Å². The molecule has 5 nitrogen and oxygen atoms in total. The number of hydrogen-bond acceptors (Lipinski definition) is 4. The third kappa shape index (κ3) is 6.01. The summed E-state index contributed by atoms with van der Waals surface area (Å²) in [5.41, 5.74) is 2.37. The second-order valence-corrected chi connectivity index (χ2v) is 6.17. The number of ether oxygens (including phenoxy) is 1.